The highest BCUT2D eigenvalue weighted by Gasteiger charge is 2.23. The fourth-order valence-corrected chi connectivity index (χ4v) is 2.76. The highest BCUT2D eigenvalue weighted by Crippen LogP contribution is 2.23. The molecule has 0 amide bonds. The molecular weight excluding hydrogens is 230 g/mol. The quantitative estimate of drug-likeness (QED) is 0.893. The summed E-state index contributed by atoms with van der Waals surface area (Å²) in [5.74, 6) is 0.362. The fourth-order valence-electron chi connectivity index (χ4n) is 2.76. The lowest BCUT2D eigenvalue weighted by atomic mass is 10.00. The molecule has 2 rings (SSSR count). The number of hydrogen-bond donors (Lipinski definition) is 1. The average molecular weight is 251 g/mol. The Morgan fingerprint density at radius 2 is 2.33 bits per heavy atom. The minimum Gasteiger partial charge on any atom is -0.478 e. The number of carbonyl (C=O) groups is 1. The first-order chi connectivity index (χ1) is 8.61. The van der Waals surface area contributed by atoms with Crippen LogP contribution in [0.1, 0.15) is 54.5 Å². The maximum atomic E-state index is 11.0. The molecule has 1 atom stereocenters. The molecule has 4 heteroatoms. The molecule has 1 aromatic heterocycles. The van der Waals surface area contributed by atoms with Crippen LogP contribution in [0.5, 0.6) is 0 Å². The Morgan fingerprint density at radius 1 is 1.56 bits per heavy atom. The van der Waals surface area contributed by atoms with E-state index in [0.717, 1.165) is 25.3 Å². The zero-order valence-corrected chi connectivity index (χ0v) is 11.1. The Hall–Kier alpha value is -1.29. The molecule has 1 aliphatic heterocycles. The van der Waals surface area contributed by atoms with Gasteiger partial charge in [0.2, 0.25) is 0 Å². The van der Waals surface area contributed by atoms with Gasteiger partial charge in [-0.2, -0.15) is 0 Å². The van der Waals surface area contributed by atoms with Crippen molar-refractivity contribution in [2.45, 2.75) is 52.1 Å². The largest absolute Gasteiger partial charge is 0.478 e. The molecule has 1 unspecified atom stereocenters. The van der Waals surface area contributed by atoms with Crippen LogP contribution < -0.4 is 0 Å². The number of rotatable bonds is 4. The summed E-state index contributed by atoms with van der Waals surface area (Å²) >= 11 is 0. The summed E-state index contributed by atoms with van der Waals surface area (Å²) in [6.07, 6.45) is 4.90. The summed E-state index contributed by atoms with van der Waals surface area (Å²) in [5, 5.41) is 9.01. The first-order valence-electron chi connectivity index (χ1n) is 6.68. The molecule has 0 radical (unpaired) electrons. The van der Waals surface area contributed by atoms with E-state index in [0.29, 0.717) is 11.8 Å². The first-order valence-corrected chi connectivity index (χ1v) is 6.68. The van der Waals surface area contributed by atoms with Crippen molar-refractivity contribution in [1.82, 2.24) is 4.90 Å². The van der Waals surface area contributed by atoms with Crippen molar-refractivity contribution in [3.63, 3.8) is 0 Å². The maximum Gasteiger partial charge on any atom is 0.339 e. The van der Waals surface area contributed by atoms with Gasteiger partial charge in [-0.15, -0.1) is 0 Å². The summed E-state index contributed by atoms with van der Waals surface area (Å²) in [6, 6.07) is 2.27. The summed E-state index contributed by atoms with van der Waals surface area (Å²) in [4.78, 5) is 13.4. The lowest BCUT2D eigenvalue weighted by molar-refractivity contribution is 0.0695. The van der Waals surface area contributed by atoms with Gasteiger partial charge in [0, 0.05) is 6.04 Å². The van der Waals surface area contributed by atoms with Gasteiger partial charge in [0.15, 0.2) is 0 Å². The van der Waals surface area contributed by atoms with Gasteiger partial charge in [-0.1, -0.05) is 13.3 Å². The van der Waals surface area contributed by atoms with Crippen LogP contribution in [0.3, 0.4) is 0 Å². The molecule has 18 heavy (non-hydrogen) atoms. The van der Waals surface area contributed by atoms with Crippen LogP contribution in [0.15, 0.2) is 10.5 Å². The molecule has 0 aliphatic carbocycles. The molecule has 0 spiro atoms. The van der Waals surface area contributed by atoms with Crippen LogP contribution in [-0.2, 0) is 6.54 Å². The molecule has 1 aliphatic rings. The van der Waals surface area contributed by atoms with Crippen molar-refractivity contribution < 1.29 is 14.3 Å². The number of aryl methyl sites for hydroxylation is 1. The number of aromatic carboxylic acids is 1. The topological polar surface area (TPSA) is 53.7 Å². The van der Waals surface area contributed by atoms with E-state index in [9.17, 15) is 4.79 Å². The second kappa shape index (κ2) is 5.57. The van der Waals surface area contributed by atoms with Gasteiger partial charge in [-0.25, -0.2) is 4.79 Å². The monoisotopic (exact) mass is 251 g/mol. The molecule has 4 nitrogen and oxygen atoms in total. The highest BCUT2D eigenvalue weighted by molar-refractivity contribution is 5.88. The number of nitrogens with zero attached hydrogens (tertiary/aromatic N) is 1. The zero-order chi connectivity index (χ0) is 13.1. The number of furan rings is 1. The van der Waals surface area contributed by atoms with Crippen molar-refractivity contribution in [1.29, 1.82) is 0 Å². The van der Waals surface area contributed by atoms with Crippen LogP contribution in [0.2, 0.25) is 0 Å². The lowest BCUT2D eigenvalue weighted by Crippen LogP contribution is -2.38. The van der Waals surface area contributed by atoms with Gasteiger partial charge in [-0.3, -0.25) is 4.90 Å². The second-order valence-electron chi connectivity index (χ2n) is 5.02. The predicted octanol–water partition coefficient (Wildman–Crippen LogP) is 3.05. The van der Waals surface area contributed by atoms with Crippen molar-refractivity contribution in [3.8, 4) is 0 Å². The maximum absolute atomic E-state index is 11.0. The van der Waals surface area contributed by atoms with E-state index in [2.05, 4.69) is 11.8 Å². The molecule has 0 saturated carbocycles. The number of carboxylic acid groups (broad SMARTS) is 1. The van der Waals surface area contributed by atoms with E-state index in [1.807, 2.05) is 0 Å². The van der Waals surface area contributed by atoms with Crippen LogP contribution in [0.4, 0.5) is 0 Å². The lowest BCUT2D eigenvalue weighted by Gasteiger charge is -2.34. The number of carboxylic acids is 1. The van der Waals surface area contributed by atoms with E-state index >= 15 is 0 Å². The molecule has 0 bridgehead atoms. The normalized spacial score (nSPS) is 21.1. The van der Waals surface area contributed by atoms with E-state index in [-0.39, 0.29) is 5.56 Å². The zero-order valence-electron chi connectivity index (χ0n) is 11.1. The molecule has 2 heterocycles. The molecule has 1 saturated heterocycles. The molecule has 100 valence electrons. The standard InChI is InChI=1S/C14H21NO3/c1-3-11-6-4-5-7-15(11)9-12-8-13(14(16)17)10(2)18-12/h8,11H,3-7,9H2,1-2H3,(H,16,17). The molecule has 0 aromatic carbocycles. The third-order valence-corrected chi connectivity index (χ3v) is 3.78. The minimum atomic E-state index is -0.909. The van der Waals surface area contributed by atoms with Gasteiger partial charge >= 0.3 is 5.97 Å². The Balaban J connectivity index is 2.08. The van der Waals surface area contributed by atoms with E-state index in [1.54, 1.807) is 13.0 Å². The Kier molecular flexibility index (Phi) is 4.07. The second-order valence-corrected chi connectivity index (χ2v) is 5.02. The van der Waals surface area contributed by atoms with E-state index < -0.39 is 5.97 Å². The van der Waals surface area contributed by atoms with Crippen molar-refractivity contribution in [2.75, 3.05) is 6.54 Å². The molecule has 1 aromatic rings. The highest BCUT2D eigenvalue weighted by atomic mass is 16.4. The predicted molar refractivity (Wildman–Crippen MR) is 68.7 cm³/mol. The van der Waals surface area contributed by atoms with Crippen molar-refractivity contribution >= 4 is 5.97 Å². The van der Waals surface area contributed by atoms with Crippen molar-refractivity contribution in [2.24, 2.45) is 0 Å². The first kappa shape index (κ1) is 13.1. The third-order valence-electron chi connectivity index (χ3n) is 3.78. The number of piperidine rings is 1. The van der Waals surface area contributed by atoms with Crippen LogP contribution in [0, 0.1) is 6.92 Å². The van der Waals surface area contributed by atoms with Gasteiger partial charge in [0.1, 0.15) is 17.1 Å². The van der Waals surface area contributed by atoms with Gasteiger partial charge < -0.3 is 9.52 Å². The fraction of sp³-hybridized carbons (Fsp3) is 0.643. The minimum absolute atomic E-state index is 0.287. The van der Waals surface area contributed by atoms with Gasteiger partial charge in [0.05, 0.1) is 6.54 Å². The summed E-state index contributed by atoms with van der Waals surface area (Å²) < 4.78 is 5.55. The number of hydrogen-bond acceptors (Lipinski definition) is 3. The van der Waals surface area contributed by atoms with E-state index in [4.69, 9.17) is 9.52 Å². The summed E-state index contributed by atoms with van der Waals surface area (Å²) in [7, 11) is 0. The molecule has 1 fully saturated rings. The van der Waals surface area contributed by atoms with Crippen LogP contribution >= 0.6 is 0 Å². The Bertz CT molecular complexity index is 425. The molecule has 1 N–H and O–H groups in total. The third kappa shape index (κ3) is 2.75. The Morgan fingerprint density at radius 3 is 2.94 bits per heavy atom. The smallest absolute Gasteiger partial charge is 0.339 e. The van der Waals surface area contributed by atoms with E-state index in [1.165, 1.54) is 19.3 Å². The van der Waals surface area contributed by atoms with Crippen LogP contribution in [0.25, 0.3) is 0 Å². The summed E-state index contributed by atoms with van der Waals surface area (Å²) in [5.41, 5.74) is 0.287. The van der Waals surface area contributed by atoms with Crippen LogP contribution in [-0.4, -0.2) is 28.6 Å². The summed E-state index contributed by atoms with van der Waals surface area (Å²) in [6.45, 7) is 5.73. The molecular formula is C14H21NO3. The van der Waals surface area contributed by atoms with Crippen molar-refractivity contribution in [3.05, 3.63) is 23.2 Å². The SMILES string of the molecule is CCC1CCCCN1Cc1cc(C(=O)O)c(C)o1. The van der Waals surface area contributed by atoms with Gasteiger partial charge in [-0.05, 0) is 38.8 Å². The average Bonchev–Trinajstić information content (AvgIpc) is 2.71. The number of likely N-dealkylation sites (tertiary alicyclic amines) is 1. The van der Waals surface area contributed by atoms with Gasteiger partial charge in [0.25, 0.3) is 0 Å². The Labute approximate surface area is 108 Å².